The number of allylic oxidation sites excluding steroid dienone is 1. The highest BCUT2D eigenvalue weighted by Crippen LogP contribution is 2.32. The molecule has 9 heteroatoms. The molecule has 0 amide bonds. The normalized spacial score (nSPS) is 16.2. The molecule has 32 heavy (non-hydrogen) atoms. The topological polar surface area (TPSA) is 83.9 Å². The zero-order valence-corrected chi connectivity index (χ0v) is 22.1. The summed E-state index contributed by atoms with van der Waals surface area (Å²) in [4.78, 5) is 9.41. The average Bonchev–Trinajstić information content (AvgIpc) is 2.75. The second-order valence-corrected chi connectivity index (χ2v) is 10.1. The molecular formula is C23H32Br2N6O. The first kappa shape index (κ1) is 25.0. The van der Waals surface area contributed by atoms with E-state index >= 15 is 0 Å². The van der Waals surface area contributed by atoms with E-state index in [1.807, 2.05) is 43.3 Å². The van der Waals surface area contributed by atoms with Gasteiger partial charge in [-0.1, -0.05) is 22.0 Å². The molecule has 3 rings (SSSR count). The third-order valence-electron chi connectivity index (χ3n) is 5.52. The smallest absolute Gasteiger partial charge is 0.219 e. The van der Waals surface area contributed by atoms with Gasteiger partial charge < -0.3 is 25.3 Å². The van der Waals surface area contributed by atoms with E-state index in [0.717, 1.165) is 53.7 Å². The summed E-state index contributed by atoms with van der Waals surface area (Å²) in [5.74, 6) is 7.77. The van der Waals surface area contributed by atoms with Gasteiger partial charge in [0.1, 0.15) is 5.75 Å². The van der Waals surface area contributed by atoms with Crippen molar-refractivity contribution in [2.75, 3.05) is 40.3 Å². The highest BCUT2D eigenvalue weighted by Gasteiger charge is 2.26. The minimum atomic E-state index is 0.213. The lowest BCUT2D eigenvalue weighted by molar-refractivity contribution is 0.140. The lowest BCUT2D eigenvalue weighted by Crippen LogP contribution is -2.48. The number of benzene rings is 1. The van der Waals surface area contributed by atoms with E-state index in [2.05, 4.69) is 55.8 Å². The monoisotopic (exact) mass is 566 g/mol. The van der Waals surface area contributed by atoms with Crippen LogP contribution in [0, 0.1) is 0 Å². The van der Waals surface area contributed by atoms with E-state index in [1.54, 1.807) is 5.01 Å². The van der Waals surface area contributed by atoms with E-state index in [4.69, 9.17) is 21.3 Å². The van der Waals surface area contributed by atoms with Crippen LogP contribution in [-0.4, -0.2) is 66.1 Å². The van der Waals surface area contributed by atoms with Gasteiger partial charge in [0.15, 0.2) is 0 Å². The van der Waals surface area contributed by atoms with Crippen LogP contribution in [0.1, 0.15) is 25.5 Å². The van der Waals surface area contributed by atoms with Crippen molar-refractivity contribution >= 4 is 37.6 Å². The van der Waals surface area contributed by atoms with Gasteiger partial charge in [-0.25, -0.2) is 10.8 Å². The van der Waals surface area contributed by atoms with Gasteiger partial charge >= 0.3 is 0 Å². The Morgan fingerprint density at radius 3 is 2.56 bits per heavy atom. The van der Waals surface area contributed by atoms with Crippen molar-refractivity contribution in [2.45, 2.75) is 25.8 Å². The molecule has 0 aliphatic carbocycles. The number of likely N-dealkylation sites (N-methyl/N-ethyl adjacent to an activating group) is 1. The van der Waals surface area contributed by atoms with Gasteiger partial charge in [-0.05, 0) is 74.1 Å². The molecular weight excluding hydrogens is 536 g/mol. The minimum absolute atomic E-state index is 0.213. The summed E-state index contributed by atoms with van der Waals surface area (Å²) in [5, 5.41) is 1.81. The zero-order valence-electron chi connectivity index (χ0n) is 18.9. The first-order chi connectivity index (χ1) is 15.2. The van der Waals surface area contributed by atoms with Crippen molar-refractivity contribution in [2.24, 2.45) is 11.6 Å². The summed E-state index contributed by atoms with van der Waals surface area (Å²) in [6.07, 6.45) is 1.98. The number of likely N-dealkylation sites (tertiary alicyclic amines) is 1. The lowest BCUT2D eigenvalue weighted by atomic mass is 10.0. The number of ether oxygens (including phenoxy) is 1. The number of hydrogen-bond acceptors (Lipinski definition) is 7. The van der Waals surface area contributed by atoms with Crippen LogP contribution in [0.2, 0.25) is 0 Å². The molecule has 0 bridgehead atoms. The summed E-state index contributed by atoms with van der Waals surface area (Å²) >= 11 is 7.00. The summed E-state index contributed by atoms with van der Waals surface area (Å²) < 4.78 is 7.80. The largest absolute Gasteiger partial charge is 0.438 e. The molecule has 0 saturated carbocycles. The SMILES string of the molecule is C/C(N)=C(\c1cccc(Oc2cc(Br)ccc2Br)n1)N(N)C1CCN(CCN(C)C)CC1. The highest BCUT2D eigenvalue weighted by molar-refractivity contribution is 9.11. The molecule has 0 unspecified atom stereocenters. The maximum atomic E-state index is 6.61. The maximum Gasteiger partial charge on any atom is 0.219 e. The van der Waals surface area contributed by atoms with E-state index < -0.39 is 0 Å². The Morgan fingerprint density at radius 2 is 1.91 bits per heavy atom. The van der Waals surface area contributed by atoms with Gasteiger partial charge in [-0.2, -0.15) is 0 Å². The van der Waals surface area contributed by atoms with Crippen LogP contribution in [0.15, 0.2) is 51.0 Å². The van der Waals surface area contributed by atoms with Gasteiger partial charge in [0.2, 0.25) is 5.88 Å². The number of piperidine rings is 1. The molecule has 1 aromatic heterocycles. The number of rotatable bonds is 8. The molecule has 1 fully saturated rings. The molecule has 1 saturated heterocycles. The molecule has 0 radical (unpaired) electrons. The number of nitrogens with zero attached hydrogens (tertiary/aromatic N) is 4. The number of hydrogen-bond donors (Lipinski definition) is 2. The Labute approximate surface area is 207 Å². The molecule has 1 aliphatic rings. The first-order valence-electron chi connectivity index (χ1n) is 10.7. The van der Waals surface area contributed by atoms with E-state index in [0.29, 0.717) is 23.0 Å². The number of halogens is 2. The second kappa shape index (κ2) is 11.5. The van der Waals surface area contributed by atoms with Gasteiger partial charge in [0.25, 0.3) is 0 Å². The fourth-order valence-corrected chi connectivity index (χ4v) is 4.42. The molecule has 174 valence electrons. The molecule has 1 aromatic carbocycles. The lowest BCUT2D eigenvalue weighted by Gasteiger charge is -2.38. The summed E-state index contributed by atoms with van der Waals surface area (Å²) in [6.45, 7) is 6.05. The van der Waals surface area contributed by atoms with Crippen LogP contribution >= 0.6 is 31.9 Å². The summed E-state index contributed by atoms with van der Waals surface area (Å²) in [7, 11) is 4.21. The quantitative estimate of drug-likeness (QED) is 0.364. The van der Waals surface area contributed by atoms with Crippen LogP contribution < -0.4 is 16.3 Å². The predicted molar refractivity (Wildman–Crippen MR) is 137 cm³/mol. The summed E-state index contributed by atoms with van der Waals surface area (Å²) in [6, 6.07) is 11.6. The standard InChI is InChI=1S/C23H32Br2N6O/c1-16(26)23(31(27)18-9-11-30(12-10-18)14-13-29(2)3)20-5-4-6-22(28-20)32-21-15-17(24)7-8-19(21)25/h4-8,15,18H,9-14,26-27H2,1-3H3/b23-16-. The van der Waals surface area contributed by atoms with Crippen LogP contribution in [0.3, 0.4) is 0 Å². The molecule has 4 N–H and O–H groups in total. The van der Waals surface area contributed by atoms with Gasteiger partial charge in [-0.15, -0.1) is 0 Å². The third-order valence-corrected chi connectivity index (χ3v) is 6.67. The Bertz CT molecular complexity index is 940. The van der Waals surface area contributed by atoms with Crippen molar-refractivity contribution in [3.63, 3.8) is 0 Å². The predicted octanol–water partition coefficient (Wildman–Crippen LogP) is 4.25. The van der Waals surface area contributed by atoms with Crippen molar-refractivity contribution in [1.82, 2.24) is 19.8 Å². The first-order valence-corrected chi connectivity index (χ1v) is 12.3. The van der Waals surface area contributed by atoms with Crippen molar-refractivity contribution < 1.29 is 4.74 Å². The second-order valence-electron chi connectivity index (χ2n) is 8.35. The van der Waals surface area contributed by atoms with E-state index in [-0.39, 0.29) is 6.04 Å². The Morgan fingerprint density at radius 1 is 1.19 bits per heavy atom. The van der Waals surface area contributed by atoms with Crippen molar-refractivity contribution in [3.8, 4) is 11.6 Å². The average molecular weight is 568 g/mol. The molecule has 0 spiro atoms. The van der Waals surface area contributed by atoms with E-state index in [1.165, 1.54) is 0 Å². The third kappa shape index (κ3) is 6.68. The molecule has 2 heterocycles. The van der Waals surface area contributed by atoms with Crippen LogP contribution in [-0.2, 0) is 0 Å². The van der Waals surface area contributed by atoms with Gasteiger partial charge in [0.05, 0.1) is 15.9 Å². The fraction of sp³-hybridized carbons (Fsp3) is 0.435. The maximum absolute atomic E-state index is 6.61. The Balaban J connectivity index is 1.73. The number of hydrazine groups is 1. The highest BCUT2D eigenvalue weighted by atomic mass is 79.9. The fourth-order valence-electron chi connectivity index (χ4n) is 3.75. The van der Waals surface area contributed by atoms with Crippen LogP contribution in [0.5, 0.6) is 11.6 Å². The summed E-state index contributed by atoms with van der Waals surface area (Å²) in [5.41, 5.74) is 8.36. The van der Waals surface area contributed by atoms with Crippen molar-refractivity contribution in [3.05, 3.63) is 56.7 Å². The number of pyridine rings is 1. The van der Waals surface area contributed by atoms with E-state index in [9.17, 15) is 0 Å². The van der Waals surface area contributed by atoms with Crippen LogP contribution in [0.25, 0.3) is 5.70 Å². The van der Waals surface area contributed by atoms with Gasteiger partial charge in [-0.3, -0.25) is 0 Å². The molecule has 2 aromatic rings. The molecule has 1 aliphatic heterocycles. The van der Waals surface area contributed by atoms with Gasteiger partial charge in [0, 0.05) is 48.5 Å². The van der Waals surface area contributed by atoms with Crippen molar-refractivity contribution in [1.29, 1.82) is 0 Å². The minimum Gasteiger partial charge on any atom is -0.438 e. The zero-order chi connectivity index (χ0) is 23.3. The Hall–Kier alpha value is -1.65. The molecule has 0 atom stereocenters. The number of nitrogens with two attached hydrogens (primary N) is 2. The Kier molecular flexibility index (Phi) is 8.95. The van der Waals surface area contributed by atoms with Crippen LogP contribution in [0.4, 0.5) is 0 Å². The number of aromatic nitrogens is 1. The molecule has 7 nitrogen and oxygen atoms in total.